The molecule has 16 heavy (non-hydrogen) atoms. The Morgan fingerprint density at radius 3 is 2.44 bits per heavy atom. The van der Waals surface area contributed by atoms with Crippen LogP contribution in [-0.2, 0) is 0 Å². The van der Waals surface area contributed by atoms with E-state index in [4.69, 9.17) is 0 Å². The van der Waals surface area contributed by atoms with E-state index < -0.39 is 0 Å². The summed E-state index contributed by atoms with van der Waals surface area (Å²) in [6.45, 7) is 0. The van der Waals surface area contributed by atoms with Crippen molar-refractivity contribution >= 4 is 18.0 Å². The van der Waals surface area contributed by atoms with Gasteiger partial charge in [0.1, 0.15) is 0 Å². The summed E-state index contributed by atoms with van der Waals surface area (Å²) in [4.78, 5) is 4.43. The lowest BCUT2D eigenvalue weighted by atomic mass is 9.97. The fourth-order valence-electron chi connectivity index (χ4n) is 1.97. The molecule has 2 aromatic carbocycles. The molecule has 2 aromatic rings. The summed E-state index contributed by atoms with van der Waals surface area (Å²) < 4.78 is 0. The molecule has 0 aromatic heterocycles. The highest BCUT2D eigenvalue weighted by Gasteiger charge is 2.07. The van der Waals surface area contributed by atoms with Crippen molar-refractivity contribution in [2.24, 2.45) is 4.99 Å². The summed E-state index contributed by atoms with van der Waals surface area (Å²) in [6, 6.07) is 16.6. The SMILES string of the molecule is C1=Nc2ccccc2-c2ccccc2/C=C\1. The molecule has 0 amide bonds. The topological polar surface area (TPSA) is 12.4 Å². The van der Waals surface area contributed by atoms with Crippen LogP contribution in [0.4, 0.5) is 5.69 Å². The highest BCUT2D eigenvalue weighted by molar-refractivity contribution is 5.91. The molecule has 76 valence electrons. The van der Waals surface area contributed by atoms with Gasteiger partial charge in [-0.2, -0.15) is 0 Å². The normalized spacial score (nSPS) is 14.5. The van der Waals surface area contributed by atoms with E-state index in [1.165, 1.54) is 16.7 Å². The van der Waals surface area contributed by atoms with Crippen molar-refractivity contribution in [2.45, 2.75) is 0 Å². The van der Waals surface area contributed by atoms with Crippen LogP contribution < -0.4 is 0 Å². The van der Waals surface area contributed by atoms with Crippen molar-refractivity contribution in [1.29, 1.82) is 0 Å². The van der Waals surface area contributed by atoms with Gasteiger partial charge in [0.2, 0.25) is 0 Å². The third-order valence-electron chi connectivity index (χ3n) is 2.73. The Labute approximate surface area is 94.8 Å². The van der Waals surface area contributed by atoms with Crippen LogP contribution in [0.2, 0.25) is 0 Å². The first kappa shape index (κ1) is 9.10. The minimum absolute atomic E-state index is 1.03. The molecule has 0 N–H and O–H groups in total. The molecule has 0 radical (unpaired) electrons. The summed E-state index contributed by atoms with van der Waals surface area (Å²) in [5.74, 6) is 0. The van der Waals surface area contributed by atoms with Crippen molar-refractivity contribution in [3.63, 3.8) is 0 Å². The Hall–Kier alpha value is -2.15. The molecule has 3 rings (SSSR count). The van der Waals surface area contributed by atoms with Crippen LogP contribution in [0.5, 0.6) is 0 Å². The van der Waals surface area contributed by atoms with E-state index in [1.54, 1.807) is 0 Å². The second-order valence-electron chi connectivity index (χ2n) is 3.74. The van der Waals surface area contributed by atoms with Gasteiger partial charge in [0.05, 0.1) is 5.69 Å². The third kappa shape index (κ3) is 1.47. The van der Waals surface area contributed by atoms with E-state index in [-0.39, 0.29) is 0 Å². The minimum Gasteiger partial charge on any atom is -0.256 e. The molecule has 0 fully saturated rings. The van der Waals surface area contributed by atoms with Gasteiger partial charge in [0, 0.05) is 11.8 Å². The van der Waals surface area contributed by atoms with Gasteiger partial charge in [-0.15, -0.1) is 0 Å². The number of para-hydroxylation sites is 1. The quantitative estimate of drug-likeness (QED) is 0.614. The molecule has 0 atom stereocenters. The van der Waals surface area contributed by atoms with E-state index >= 15 is 0 Å². The standard InChI is InChI=1S/C15H11N/c1-2-8-13-12(6-1)7-5-11-16-15-10-4-3-9-14(13)15/h1-11H/b7-5-,11-5?,12-7?,14-13?,16-11?,16-15?. The lowest BCUT2D eigenvalue weighted by Gasteiger charge is -2.10. The minimum atomic E-state index is 1.03. The highest BCUT2D eigenvalue weighted by Crippen LogP contribution is 2.33. The largest absolute Gasteiger partial charge is 0.256 e. The second-order valence-corrected chi connectivity index (χ2v) is 3.74. The number of benzene rings is 2. The monoisotopic (exact) mass is 205 g/mol. The van der Waals surface area contributed by atoms with Gasteiger partial charge in [0.15, 0.2) is 0 Å². The number of fused-ring (bicyclic) bond motifs is 3. The first-order chi connectivity index (χ1) is 7.95. The Morgan fingerprint density at radius 2 is 1.50 bits per heavy atom. The molecular weight excluding hydrogens is 194 g/mol. The molecule has 1 aliphatic heterocycles. The zero-order valence-electron chi connectivity index (χ0n) is 8.80. The van der Waals surface area contributed by atoms with Gasteiger partial charge in [-0.1, -0.05) is 48.5 Å². The Morgan fingerprint density at radius 1 is 0.750 bits per heavy atom. The first-order valence-electron chi connectivity index (χ1n) is 5.34. The smallest absolute Gasteiger partial charge is 0.0708 e. The Kier molecular flexibility index (Phi) is 2.15. The molecule has 1 heteroatoms. The summed E-state index contributed by atoms with van der Waals surface area (Å²) in [6.07, 6.45) is 5.92. The van der Waals surface area contributed by atoms with Crippen molar-refractivity contribution in [2.75, 3.05) is 0 Å². The van der Waals surface area contributed by atoms with E-state index in [2.05, 4.69) is 47.5 Å². The maximum atomic E-state index is 4.43. The van der Waals surface area contributed by atoms with Crippen LogP contribution in [0.25, 0.3) is 17.2 Å². The molecule has 0 bridgehead atoms. The molecule has 0 saturated carbocycles. The van der Waals surface area contributed by atoms with Crippen LogP contribution in [0.15, 0.2) is 59.6 Å². The van der Waals surface area contributed by atoms with E-state index in [1.807, 2.05) is 24.4 Å². The molecule has 0 saturated heterocycles. The summed E-state index contributed by atoms with van der Waals surface area (Å²) in [5, 5.41) is 0. The number of rotatable bonds is 0. The lowest BCUT2D eigenvalue weighted by Crippen LogP contribution is -1.86. The highest BCUT2D eigenvalue weighted by atomic mass is 14.7. The maximum absolute atomic E-state index is 4.43. The van der Waals surface area contributed by atoms with Gasteiger partial charge in [-0.3, -0.25) is 4.99 Å². The van der Waals surface area contributed by atoms with Gasteiger partial charge >= 0.3 is 0 Å². The van der Waals surface area contributed by atoms with Crippen LogP contribution in [0, 0.1) is 0 Å². The van der Waals surface area contributed by atoms with Crippen molar-refractivity contribution in [3.8, 4) is 11.1 Å². The zero-order valence-corrected chi connectivity index (χ0v) is 8.80. The van der Waals surface area contributed by atoms with Gasteiger partial charge in [0.25, 0.3) is 0 Å². The Bertz CT molecular complexity index is 526. The first-order valence-corrected chi connectivity index (χ1v) is 5.34. The van der Waals surface area contributed by atoms with Gasteiger partial charge in [-0.25, -0.2) is 0 Å². The summed E-state index contributed by atoms with van der Waals surface area (Å²) in [7, 11) is 0. The molecular formula is C15H11N. The molecule has 0 aliphatic carbocycles. The number of nitrogens with zero attached hydrogens (tertiary/aromatic N) is 1. The maximum Gasteiger partial charge on any atom is 0.0708 e. The van der Waals surface area contributed by atoms with Crippen molar-refractivity contribution in [1.82, 2.24) is 0 Å². The average Bonchev–Trinajstić information content (AvgIpc) is 2.33. The van der Waals surface area contributed by atoms with Crippen molar-refractivity contribution in [3.05, 3.63) is 60.2 Å². The molecule has 1 aliphatic rings. The number of aliphatic imine (C=N–C) groups is 1. The van der Waals surface area contributed by atoms with E-state index in [9.17, 15) is 0 Å². The fraction of sp³-hybridized carbons (Fsp3) is 0. The fourth-order valence-corrected chi connectivity index (χ4v) is 1.97. The van der Waals surface area contributed by atoms with Crippen LogP contribution >= 0.6 is 0 Å². The van der Waals surface area contributed by atoms with Crippen LogP contribution in [0.3, 0.4) is 0 Å². The second kappa shape index (κ2) is 3.78. The predicted octanol–water partition coefficient (Wildman–Crippen LogP) is 4.08. The molecule has 0 spiro atoms. The number of allylic oxidation sites excluding steroid dienone is 1. The molecule has 0 unspecified atom stereocenters. The van der Waals surface area contributed by atoms with Crippen LogP contribution in [0.1, 0.15) is 5.56 Å². The molecule has 1 nitrogen and oxygen atoms in total. The number of hydrogen-bond acceptors (Lipinski definition) is 1. The van der Waals surface area contributed by atoms with Crippen molar-refractivity contribution < 1.29 is 0 Å². The summed E-state index contributed by atoms with van der Waals surface area (Å²) in [5.41, 5.74) is 4.70. The molecule has 1 heterocycles. The van der Waals surface area contributed by atoms with Gasteiger partial charge < -0.3 is 0 Å². The lowest BCUT2D eigenvalue weighted by molar-refractivity contribution is 1.50. The van der Waals surface area contributed by atoms with Crippen LogP contribution in [-0.4, -0.2) is 6.21 Å². The van der Waals surface area contributed by atoms with E-state index in [0.29, 0.717) is 0 Å². The van der Waals surface area contributed by atoms with E-state index in [0.717, 1.165) is 5.69 Å². The summed E-state index contributed by atoms with van der Waals surface area (Å²) >= 11 is 0. The predicted molar refractivity (Wildman–Crippen MR) is 69.1 cm³/mol. The number of hydrogen-bond donors (Lipinski definition) is 0. The average molecular weight is 205 g/mol. The third-order valence-corrected chi connectivity index (χ3v) is 2.73. The Balaban J connectivity index is 2.34. The van der Waals surface area contributed by atoms with Gasteiger partial charge in [-0.05, 0) is 23.3 Å². The zero-order chi connectivity index (χ0) is 10.8.